The highest BCUT2D eigenvalue weighted by Gasteiger charge is 2.23. The minimum atomic E-state index is -1.16. The zero-order valence-electron chi connectivity index (χ0n) is 11.3. The minimum absolute atomic E-state index is 0.0210. The highest BCUT2D eigenvalue weighted by molar-refractivity contribution is 6.05. The van der Waals surface area contributed by atoms with Crippen LogP contribution in [0.5, 0.6) is 5.75 Å². The van der Waals surface area contributed by atoms with Gasteiger partial charge in [-0.3, -0.25) is 19.6 Å². The van der Waals surface area contributed by atoms with Crippen LogP contribution in [-0.2, 0) is 11.2 Å². The Morgan fingerprint density at radius 1 is 1.29 bits per heavy atom. The second-order valence-corrected chi connectivity index (χ2v) is 4.26. The molecule has 1 aromatic heterocycles. The second-order valence-electron chi connectivity index (χ2n) is 4.26. The Bertz CT molecular complexity index is 650. The number of nitrogens with one attached hydrogen (secondary N) is 1. The van der Waals surface area contributed by atoms with Crippen LogP contribution in [0.25, 0.3) is 0 Å². The summed E-state index contributed by atoms with van der Waals surface area (Å²) in [5.74, 6) is -1.32. The number of aromatic nitrogens is 3. The summed E-state index contributed by atoms with van der Waals surface area (Å²) in [5.41, 5.74) is 0.336. The van der Waals surface area contributed by atoms with Crippen molar-refractivity contribution in [2.24, 2.45) is 0 Å². The molecule has 1 amide bonds. The number of phenolic OH excluding ortho intramolecular Hbond substituents is 1. The molecule has 2 aromatic rings. The lowest BCUT2D eigenvalue weighted by molar-refractivity contribution is -0.135. The fraction of sp³-hybridized carbons (Fsp3) is 0.231. The minimum Gasteiger partial charge on any atom is -0.508 e. The first-order valence-electron chi connectivity index (χ1n) is 6.25. The lowest BCUT2D eigenvalue weighted by atomic mass is 10.2. The molecule has 0 unspecified atom stereocenters. The van der Waals surface area contributed by atoms with Crippen molar-refractivity contribution in [1.29, 1.82) is 0 Å². The number of H-pyrrole nitrogens is 1. The van der Waals surface area contributed by atoms with Crippen molar-refractivity contribution < 1.29 is 19.8 Å². The van der Waals surface area contributed by atoms with Crippen molar-refractivity contribution in [3.8, 4) is 5.75 Å². The number of aliphatic carboxylic acids is 1. The highest BCUT2D eigenvalue weighted by atomic mass is 16.4. The monoisotopic (exact) mass is 290 g/mol. The summed E-state index contributed by atoms with van der Waals surface area (Å²) in [6.07, 6.45) is 0.582. The number of carbonyl (C=O) groups excluding carboxylic acids is 1. The van der Waals surface area contributed by atoms with E-state index in [9.17, 15) is 14.7 Å². The maximum atomic E-state index is 12.4. The molecule has 1 heterocycles. The Labute approximate surface area is 120 Å². The number of phenols is 1. The Morgan fingerprint density at radius 2 is 1.95 bits per heavy atom. The summed E-state index contributed by atoms with van der Waals surface area (Å²) in [6, 6.07) is 5.63. The molecule has 0 bridgehead atoms. The first-order chi connectivity index (χ1) is 10.0. The predicted octanol–water partition coefficient (Wildman–Crippen LogP) is 0.804. The molecule has 0 atom stereocenters. The molecule has 0 fully saturated rings. The number of aromatic amines is 1. The largest absolute Gasteiger partial charge is 0.508 e. The summed E-state index contributed by atoms with van der Waals surface area (Å²) in [5, 5.41) is 24.6. The maximum absolute atomic E-state index is 12.4. The van der Waals surface area contributed by atoms with Crippen molar-refractivity contribution in [3.63, 3.8) is 0 Å². The summed E-state index contributed by atoms with van der Waals surface area (Å²) < 4.78 is 0. The summed E-state index contributed by atoms with van der Waals surface area (Å²) >= 11 is 0. The van der Waals surface area contributed by atoms with E-state index < -0.39 is 18.4 Å². The number of amides is 1. The Balaban J connectivity index is 2.32. The van der Waals surface area contributed by atoms with Crippen LogP contribution in [0, 0.1) is 0 Å². The van der Waals surface area contributed by atoms with Crippen molar-refractivity contribution in [3.05, 3.63) is 35.9 Å². The van der Waals surface area contributed by atoms with E-state index in [2.05, 4.69) is 15.2 Å². The van der Waals surface area contributed by atoms with Crippen LogP contribution in [0.15, 0.2) is 24.3 Å². The van der Waals surface area contributed by atoms with Crippen LogP contribution in [-0.4, -0.2) is 43.8 Å². The topological polar surface area (TPSA) is 119 Å². The smallest absolute Gasteiger partial charge is 0.323 e. The number of anilines is 1. The van der Waals surface area contributed by atoms with Crippen LogP contribution < -0.4 is 4.90 Å². The van der Waals surface area contributed by atoms with Crippen LogP contribution in [0.3, 0.4) is 0 Å². The third-order valence-corrected chi connectivity index (χ3v) is 2.76. The van der Waals surface area contributed by atoms with Crippen LogP contribution in [0.1, 0.15) is 23.4 Å². The third kappa shape index (κ3) is 3.35. The van der Waals surface area contributed by atoms with E-state index in [0.29, 0.717) is 17.9 Å². The van der Waals surface area contributed by atoms with Gasteiger partial charge in [-0.25, -0.2) is 4.98 Å². The molecular formula is C13H14N4O4. The van der Waals surface area contributed by atoms with Gasteiger partial charge in [-0.05, 0) is 24.3 Å². The van der Waals surface area contributed by atoms with Gasteiger partial charge < -0.3 is 10.2 Å². The predicted molar refractivity (Wildman–Crippen MR) is 73.2 cm³/mol. The van der Waals surface area contributed by atoms with E-state index in [1.165, 1.54) is 24.3 Å². The Kier molecular flexibility index (Phi) is 4.17. The average molecular weight is 290 g/mol. The number of aryl methyl sites for hydroxylation is 1. The molecule has 0 spiro atoms. The molecule has 0 aliphatic rings. The van der Waals surface area contributed by atoms with E-state index in [4.69, 9.17) is 5.11 Å². The van der Waals surface area contributed by atoms with E-state index >= 15 is 0 Å². The molecule has 3 N–H and O–H groups in total. The normalized spacial score (nSPS) is 10.3. The molecule has 0 aliphatic heterocycles. The summed E-state index contributed by atoms with van der Waals surface area (Å²) in [6.45, 7) is 1.32. The van der Waals surface area contributed by atoms with Crippen molar-refractivity contribution >= 4 is 17.6 Å². The van der Waals surface area contributed by atoms with E-state index in [1.807, 2.05) is 6.92 Å². The van der Waals surface area contributed by atoms with Crippen molar-refractivity contribution in [1.82, 2.24) is 15.2 Å². The summed E-state index contributed by atoms with van der Waals surface area (Å²) in [7, 11) is 0. The van der Waals surface area contributed by atoms with Gasteiger partial charge in [0.1, 0.15) is 18.1 Å². The number of carboxylic acids is 1. The quantitative estimate of drug-likeness (QED) is 0.749. The average Bonchev–Trinajstić information content (AvgIpc) is 2.94. The first kappa shape index (κ1) is 14.5. The number of hydrogen-bond donors (Lipinski definition) is 3. The van der Waals surface area contributed by atoms with Gasteiger partial charge in [0.15, 0.2) is 0 Å². The van der Waals surface area contributed by atoms with E-state index in [0.717, 1.165) is 4.90 Å². The SMILES string of the molecule is CCc1nc(C(=O)N(CC(=O)O)c2ccc(O)cc2)n[nH]1. The molecule has 0 saturated carbocycles. The van der Waals surface area contributed by atoms with Gasteiger partial charge in [-0.1, -0.05) is 6.92 Å². The fourth-order valence-electron chi connectivity index (χ4n) is 1.72. The number of carbonyl (C=O) groups is 2. The summed E-state index contributed by atoms with van der Waals surface area (Å²) in [4.78, 5) is 28.3. The zero-order valence-corrected chi connectivity index (χ0v) is 11.3. The lowest BCUT2D eigenvalue weighted by Gasteiger charge is -2.19. The standard InChI is InChI=1S/C13H14N4O4/c1-2-10-14-12(16-15-10)13(21)17(7-11(19)20)8-3-5-9(18)6-4-8/h3-6,18H,2,7H2,1H3,(H,19,20)(H,14,15,16). The van der Waals surface area contributed by atoms with Gasteiger partial charge >= 0.3 is 5.97 Å². The van der Waals surface area contributed by atoms with E-state index in [-0.39, 0.29) is 11.6 Å². The zero-order chi connectivity index (χ0) is 15.4. The van der Waals surface area contributed by atoms with Gasteiger partial charge in [0, 0.05) is 12.1 Å². The van der Waals surface area contributed by atoms with E-state index in [1.54, 1.807) is 0 Å². The molecule has 8 heteroatoms. The molecule has 2 rings (SSSR count). The molecule has 110 valence electrons. The van der Waals surface area contributed by atoms with Crippen LogP contribution in [0.4, 0.5) is 5.69 Å². The molecule has 8 nitrogen and oxygen atoms in total. The van der Waals surface area contributed by atoms with Crippen molar-refractivity contribution in [2.75, 3.05) is 11.4 Å². The fourth-order valence-corrected chi connectivity index (χ4v) is 1.72. The number of aromatic hydroxyl groups is 1. The Morgan fingerprint density at radius 3 is 2.48 bits per heavy atom. The van der Waals surface area contributed by atoms with Gasteiger partial charge in [-0.15, -0.1) is 5.10 Å². The number of rotatable bonds is 5. The van der Waals surface area contributed by atoms with Gasteiger partial charge in [0.2, 0.25) is 5.82 Å². The maximum Gasteiger partial charge on any atom is 0.323 e. The molecule has 21 heavy (non-hydrogen) atoms. The second kappa shape index (κ2) is 6.04. The molecular weight excluding hydrogens is 276 g/mol. The number of hydrogen-bond acceptors (Lipinski definition) is 5. The molecule has 1 aromatic carbocycles. The first-order valence-corrected chi connectivity index (χ1v) is 6.25. The van der Waals surface area contributed by atoms with Crippen LogP contribution in [0.2, 0.25) is 0 Å². The van der Waals surface area contributed by atoms with Gasteiger partial charge in [0.05, 0.1) is 0 Å². The lowest BCUT2D eigenvalue weighted by Crippen LogP contribution is -2.36. The van der Waals surface area contributed by atoms with Crippen molar-refractivity contribution in [2.45, 2.75) is 13.3 Å². The molecule has 0 radical (unpaired) electrons. The molecule has 0 aliphatic carbocycles. The number of carboxylic acid groups (broad SMARTS) is 1. The molecule has 0 saturated heterocycles. The third-order valence-electron chi connectivity index (χ3n) is 2.76. The van der Waals surface area contributed by atoms with Gasteiger partial charge in [0.25, 0.3) is 5.91 Å². The number of benzene rings is 1. The van der Waals surface area contributed by atoms with Gasteiger partial charge in [-0.2, -0.15) is 0 Å². The Hall–Kier alpha value is -2.90. The highest BCUT2D eigenvalue weighted by Crippen LogP contribution is 2.19. The number of nitrogens with zero attached hydrogens (tertiary/aromatic N) is 3. The van der Waals surface area contributed by atoms with Crippen LogP contribution >= 0.6 is 0 Å².